The van der Waals surface area contributed by atoms with Crippen LogP contribution in [0, 0.1) is 12.8 Å². The maximum Gasteiger partial charge on any atom is 0.221 e. The van der Waals surface area contributed by atoms with Crippen LogP contribution in [0.5, 0.6) is 0 Å². The number of aliphatic hydroxyl groups excluding tert-OH is 1. The van der Waals surface area contributed by atoms with E-state index in [1.54, 1.807) is 0 Å². The average molecular weight is 329 g/mol. The van der Waals surface area contributed by atoms with Gasteiger partial charge in [0.1, 0.15) is 0 Å². The second-order valence-corrected chi connectivity index (χ2v) is 7.00. The molecule has 130 valence electrons. The predicted octanol–water partition coefficient (Wildman–Crippen LogP) is 1.59. The molecular weight excluding hydrogens is 302 g/mol. The Morgan fingerprint density at radius 1 is 1.42 bits per heavy atom. The quantitative estimate of drug-likeness (QED) is 0.875. The number of piperidine rings is 1. The molecule has 0 bridgehead atoms. The Hall–Kier alpha value is -1.85. The fourth-order valence-electron chi connectivity index (χ4n) is 3.91. The SMILES string of the molecule is Cc1c(CC(O)CN2CCCC(C(N)=O)C2)c2ccccc2n1C. The van der Waals surface area contributed by atoms with Crippen molar-refractivity contribution in [2.75, 3.05) is 19.6 Å². The van der Waals surface area contributed by atoms with Crippen LogP contribution in [0.2, 0.25) is 0 Å². The van der Waals surface area contributed by atoms with Crippen molar-refractivity contribution < 1.29 is 9.90 Å². The summed E-state index contributed by atoms with van der Waals surface area (Å²) in [7, 11) is 2.07. The van der Waals surface area contributed by atoms with E-state index in [0.717, 1.165) is 19.4 Å². The summed E-state index contributed by atoms with van der Waals surface area (Å²) in [5, 5.41) is 11.8. The number of primary amides is 1. The van der Waals surface area contributed by atoms with Crippen molar-refractivity contribution in [1.29, 1.82) is 0 Å². The van der Waals surface area contributed by atoms with Gasteiger partial charge in [0.2, 0.25) is 5.91 Å². The van der Waals surface area contributed by atoms with E-state index in [2.05, 4.69) is 35.6 Å². The first-order chi connectivity index (χ1) is 11.5. The number of amides is 1. The van der Waals surface area contributed by atoms with Crippen LogP contribution in [0.3, 0.4) is 0 Å². The van der Waals surface area contributed by atoms with E-state index in [9.17, 15) is 9.90 Å². The Bertz CT molecular complexity index is 738. The Morgan fingerprint density at radius 3 is 2.92 bits per heavy atom. The van der Waals surface area contributed by atoms with Crippen LogP contribution in [-0.2, 0) is 18.3 Å². The van der Waals surface area contributed by atoms with Gasteiger partial charge in [0.25, 0.3) is 0 Å². The summed E-state index contributed by atoms with van der Waals surface area (Å²) in [6, 6.07) is 8.31. The van der Waals surface area contributed by atoms with Crippen molar-refractivity contribution in [2.45, 2.75) is 32.3 Å². The fourth-order valence-corrected chi connectivity index (χ4v) is 3.91. The molecule has 1 amide bonds. The maximum atomic E-state index is 11.4. The molecular formula is C19H27N3O2. The molecule has 3 N–H and O–H groups in total. The largest absolute Gasteiger partial charge is 0.391 e. The highest BCUT2D eigenvalue weighted by Gasteiger charge is 2.25. The number of aliphatic hydroxyl groups is 1. The third-order valence-corrected chi connectivity index (χ3v) is 5.35. The van der Waals surface area contributed by atoms with Gasteiger partial charge in [-0.05, 0) is 37.9 Å². The van der Waals surface area contributed by atoms with E-state index in [1.807, 2.05) is 12.1 Å². The van der Waals surface area contributed by atoms with Gasteiger partial charge in [0, 0.05) is 43.2 Å². The highest BCUT2D eigenvalue weighted by atomic mass is 16.3. The lowest BCUT2D eigenvalue weighted by Crippen LogP contribution is -2.44. The minimum Gasteiger partial charge on any atom is -0.391 e. The number of para-hydroxylation sites is 1. The Balaban J connectivity index is 1.70. The van der Waals surface area contributed by atoms with E-state index >= 15 is 0 Å². The summed E-state index contributed by atoms with van der Waals surface area (Å²) in [5.74, 6) is -0.302. The molecule has 2 atom stereocenters. The number of rotatable bonds is 5. The van der Waals surface area contributed by atoms with Gasteiger partial charge in [-0.25, -0.2) is 0 Å². The van der Waals surface area contributed by atoms with Crippen molar-refractivity contribution in [3.63, 3.8) is 0 Å². The van der Waals surface area contributed by atoms with E-state index in [4.69, 9.17) is 5.73 Å². The standard InChI is InChI=1S/C19H27N3O2/c1-13-17(16-7-3-4-8-18(16)21(13)2)10-15(23)12-22-9-5-6-14(11-22)19(20)24/h3-4,7-8,14-15,23H,5-6,9-12H2,1-2H3,(H2,20,24). The number of hydrogen-bond donors (Lipinski definition) is 2. The first kappa shape index (κ1) is 17.0. The smallest absolute Gasteiger partial charge is 0.221 e. The molecule has 1 aliphatic rings. The van der Waals surface area contributed by atoms with Gasteiger partial charge in [-0.3, -0.25) is 9.69 Å². The second kappa shape index (κ2) is 6.95. The number of β-amino-alcohol motifs (C(OH)–C–C–N with tert-alkyl or cyclic N) is 1. The van der Waals surface area contributed by atoms with Gasteiger partial charge in [-0.2, -0.15) is 0 Å². The number of nitrogens with two attached hydrogens (primary N) is 1. The molecule has 5 nitrogen and oxygen atoms in total. The molecule has 1 fully saturated rings. The molecule has 2 aromatic rings. The Morgan fingerprint density at radius 2 is 2.17 bits per heavy atom. The number of hydrogen-bond acceptors (Lipinski definition) is 3. The zero-order valence-electron chi connectivity index (χ0n) is 14.5. The Kier molecular flexibility index (Phi) is 4.92. The highest BCUT2D eigenvalue weighted by Crippen LogP contribution is 2.26. The first-order valence-electron chi connectivity index (χ1n) is 8.70. The number of nitrogens with zero attached hydrogens (tertiary/aromatic N) is 2. The van der Waals surface area contributed by atoms with E-state index in [0.29, 0.717) is 19.5 Å². The molecule has 24 heavy (non-hydrogen) atoms. The number of likely N-dealkylation sites (tertiary alicyclic amines) is 1. The average Bonchev–Trinajstić information content (AvgIpc) is 2.80. The number of fused-ring (bicyclic) bond motifs is 1. The molecule has 0 spiro atoms. The van der Waals surface area contributed by atoms with Gasteiger partial charge < -0.3 is 15.4 Å². The molecule has 2 heterocycles. The van der Waals surface area contributed by atoms with Crippen LogP contribution < -0.4 is 5.73 Å². The first-order valence-corrected chi connectivity index (χ1v) is 8.70. The molecule has 1 aromatic heterocycles. The van der Waals surface area contributed by atoms with E-state index in [-0.39, 0.29) is 11.8 Å². The maximum absolute atomic E-state index is 11.4. The third kappa shape index (κ3) is 3.32. The molecule has 2 unspecified atom stereocenters. The van der Waals surface area contributed by atoms with Gasteiger partial charge >= 0.3 is 0 Å². The summed E-state index contributed by atoms with van der Waals surface area (Å²) < 4.78 is 2.18. The molecule has 0 aliphatic carbocycles. The topological polar surface area (TPSA) is 71.5 Å². The van der Waals surface area contributed by atoms with Crippen molar-refractivity contribution >= 4 is 16.8 Å². The lowest BCUT2D eigenvalue weighted by atomic mass is 9.96. The molecule has 1 saturated heterocycles. The molecule has 3 rings (SSSR count). The summed E-state index contributed by atoms with van der Waals surface area (Å²) in [5.41, 5.74) is 9.05. The minimum absolute atomic E-state index is 0.0785. The number of aryl methyl sites for hydroxylation is 1. The van der Waals surface area contributed by atoms with Crippen molar-refractivity contribution in [3.05, 3.63) is 35.5 Å². The van der Waals surface area contributed by atoms with Gasteiger partial charge in [0.15, 0.2) is 0 Å². The summed E-state index contributed by atoms with van der Waals surface area (Å²) in [6.45, 7) is 4.29. The van der Waals surface area contributed by atoms with Gasteiger partial charge in [-0.15, -0.1) is 0 Å². The fraction of sp³-hybridized carbons (Fsp3) is 0.526. The number of carbonyl (C=O) groups is 1. The molecule has 0 saturated carbocycles. The highest BCUT2D eigenvalue weighted by molar-refractivity contribution is 5.85. The van der Waals surface area contributed by atoms with Crippen LogP contribution in [0.4, 0.5) is 0 Å². The van der Waals surface area contributed by atoms with Crippen LogP contribution in [0.1, 0.15) is 24.1 Å². The van der Waals surface area contributed by atoms with Crippen LogP contribution in [0.15, 0.2) is 24.3 Å². The van der Waals surface area contributed by atoms with Crippen LogP contribution in [0.25, 0.3) is 10.9 Å². The zero-order chi connectivity index (χ0) is 17.3. The van der Waals surface area contributed by atoms with Crippen molar-refractivity contribution in [3.8, 4) is 0 Å². The molecule has 5 heteroatoms. The molecule has 0 radical (unpaired) electrons. The summed E-state index contributed by atoms with van der Waals surface area (Å²) in [4.78, 5) is 13.6. The monoisotopic (exact) mass is 329 g/mol. The Labute approximate surface area is 143 Å². The van der Waals surface area contributed by atoms with Crippen LogP contribution in [-0.4, -0.2) is 46.2 Å². The lowest BCUT2D eigenvalue weighted by molar-refractivity contribution is -0.123. The lowest BCUT2D eigenvalue weighted by Gasteiger charge is -2.32. The molecule has 1 aromatic carbocycles. The van der Waals surface area contributed by atoms with Crippen molar-refractivity contribution in [2.24, 2.45) is 18.7 Å². The zero-order valence-corrected chi connectivity index (χ0v) is 14.5. The number of benzene rings is 1. The summed E-state index contributed by atoms with van der Waals surface area (Å²) >= 11 is 0. The minimum atomic E-state index is -0.443. The number of aromatic nitrogens is 1. The van der Waals surface area contributed by atoms with Gasteiger partial charge in [-0.1, -0.05) is 18.2 Å². The van der Waals surface area contributed by atoms with Crippen molar-refractivity contribution in [1.82, 2.24) is 9.47 Å². The van der Waals surface area contributed by atoms with E-state index in [1.165, 1.54) is 22.2 Å². The third-order valence-electron chi connectivity index (χ3n) is 5.35. The van der Waals surface area contributed by atoms with E-state index < -0.39 is 6.10 Å². The normalized spacial score (nSPS) is 20.4. The number of carbonyl (C=O) groups excluding carboxylic acids is 1. The van der Waals surface area contributed by atoms with Crippen LogP contribution >= 0.6 is 0 Å². The van der Waals surface area contributed by atoms with Gasteiger partial charge in [0.05, 0.1) is 12.0 Å². The predicted molar refractivity (Wildman–Crippen MR) is 95.7 cm³/mol. The summed E-state index contributed by atoms with van der Waals surface area (Å²) in [6.07, 6.45) is 2.02. The second-order valence-electron chi connectivity index (χ2n) is 7.00. The molecule has 1 aliphatic heterocycles.